The predicted molar refractivity (Wildman–Crippen MR) is 73.4 cm³/mol. The third-order valence-corrected chi connectivity index (χ3v) is 3.52. The first-order valence-electron chi connectivity index (χ1n) is 6.75. The Kier molecular flexibility index (Phi) is 7.59. The molecule has 0 radical (unpaired) electrons. The molecule has 1 atom stereocenters. The SMILES string of the molecule is CCCCCCCCC(C(=O)O)[N+](C)(C)C(=N)N. The number of nitrogens with one attached hydrogen (secondary N) is 1. The Balaban J connectivity index is 4.15. The van der Waals surface area contributed by atoms with Crippen LogP contribution in [0.5, 0.6) is 0 Å². The van der Waals surface area contributed by atoms with E-state index in [0.29, 0.717) is 6.42 Å². The van der Waals surface area contributed by atoms with Crippen LogP contribution in [-0.2, 0) is 4.79 Å². The van der Waals surface area contributed by atoms with Crippen molar-refractivity contribution in [2.24, 2.45) is 5.73 Å². The molecule has 0 aliphatic rings. The molecule has 0 aromatic heterocycles. The maximum Gasteiger partial charge on any atom is 0.363 e. The number of nitrogens with two attached hydrogens (primary N) is 1. The van der Waals surface area contributed by atoms with Crippen molar-refractivity contribution in [3.8, 4) is 0 Å². The monoisotopic (exact) mass is 258 g/mol. The zero-order valence-electron chi connectivity index (χ0n) is 11.9. The van der Waals surface area contributed by atoms with E-state index in [9.17, 15) is 9.90 Å². The molecule has 0 heterocycles. The van der Waals surface area contributed by atoms with Crippen LogP contribution in [0.1, 0.15) is 51.9 Å². The first-order valence-corrected chi connectivity index (χ1v) is 6.75. The number of guanidine groups is 1. The van der Waals surface area contributed by atoms with E-state index in [4.69, 9.17) is 11.1 Å². The highest BCUT2D eigenvalue weighted by Crippen LogP contribution is 2.16. The van der Waals surface area contributed by atoms with E-state index in [0.717, 1.165) is 19.3 Å². The smallest absolute Gasteiger partial charge is 0.363 e. The molecular formula is C13H28N3O2+. The van der Waals surface area contributed by atoms with Crippen molar-refractivity contribution < 1.29 is 14.4 Å². The zero-order chi connectivity index (χ0) is 14.2. The summed E-state index contributed by atoms with van der Waals surface area (Å²) in [6.07, 6.45) is 7.36. The molecule has 0 saturated carbocycles. The summed E-state index contributed by atoms with van der Waals surface area (Å²) in [5.74, 6) is -0.975. The molecule has 0 fully saturated rings. The Bertz CT molecular complexity index is 277. The van der Waals surface area contributed by atoms with Crippen molar-refractivity contribution in [3.63, 3.8) is 0 Å². The molecule has 0 aromatic carbocycles. The van der Waals surface area contributed by atoms with Gasteiger partial charge in [-0.05, 0) is 6.42 Å². The van der Waals surface area contributed by atoms with E-state index in [-0.39, 0.29) is 10.4 Å². The lowest BCUT2D eigenvalue weighted by Gasteiger charge is -2.32. The van der Waals surface area contributed by atoms with Crippen LogP contribution in [0.2, 0.25) is 0 Å². The van der Waals surface area contributed by atoms with E-state index < -0.39 is 12.0 Å². The summed E-state index contributed by atoms with van der Waals surface area (Å²) in [4.78, 5) is 11.2. The molecule has 0 spiro atoms. The van der Waals surface area contributed by atoms with E-state index in [2.05, 4.69) is 6.92 Å². The molecule has 0 rings (SSSR count). The minimum atomic E-state index is -0.872. The quantitative estimate of drug-likeness (QED) is 0.256. The van der Waals surface area contributed by atoms with E-state index in [1.54, 1.807) is 14.1 Å². The van der Waals surface area contributed by atoms with E-state index >= 15 is 0 Å². The second-order valence-electron chi connectivity index (χ2n) is 5.34. The molecular weight excluding hydrogens is 230 g/mol. The number of likely N-dealkylation sites (N-methyl/N-ethyl adjacent to an activating group) is 1. The molecule has 5 heteroatoms. The molecule has 0 aliphatic heterocycles. The van der Waals surface area contributed by atoms with Crippen molar-refractivity contribution in [1.29, 1.82) is 5.41 Å². The third-order valence-electron chi connectivity index (χ3n) is 3.52. The molecule has 1 unspecified atom stereocenters. The summed E-state index contributed by atoms with van der Waals surface area (Å²) < 4.78 is -0.0652. The number of nitrogens with zero attached hydrogens (tertiary/aromatic N) is 1. The molecule has 5 nitrogen and oxygen atoms in total. The van der Waals surface area contributed by atoms with Crippen molar-refractivity contribution in [3.05, 3.63) is 0 Å². The van der Waals surface area contributed by atoms with Gasteiger partial charge in [-0.15, -0.1) is 0 Å². The number of carbonyl (C=O) groups is 1. The van der Waals surface area contributed by atoms with Crippen LogP contribution in [0.4, 0.5) is 0 Å². The summed E-state index contributed by atoms with van der Waals surface area (Å²) in [7, 11) is 3.36. The third kappa shape index (κ3) is 5.49. The van der Waals surface area contributed by atoms with Gasteiger partial charge in [0.05, 0.1) is 14.1 Å². The molecule has 4 N–H and O–H groups in total. The Morgan fingerprint density at radius 1 is 1.22 bits per heavy atom. The van der Waals surface area contributed by atoms with Crippen molar-refractivity contribution in [2.45, 2.75) is 57.9 Å². The molecule has 0 aromatic rings. The number of unbranched alkanes of at least 4 members (excludes halogenated alkanes) is 5. The number of hydrogen-bond acceptors (Lipinski definition) is 2. The van der Waals surface area contributed by atoms with Crippen LogP contribution >= 0.6 is 0 Å². The Morgan fingerprint density at radius 2 is 1.72 bits per heavy atom. The number of hydrogen-bond donors (Lipinski definition) is 3. The fourth-order valence-electron chi connectivity index (χ4n) is 2.01. The van der Waals surface area contributed by atoms with Crippen LogP contribution in [0.3, 0.4) is 0 Å². The summed E-state index contributed by atoms with van der Waals surface area (Å²) >= 11 is 0. The van der Waals surface area contributed by atoms with Crippen LogP contribution in [0, 0.1) is 5.41 Å². The first kappa shape index (κ1) is 16.9. The Morgan fingerprint density at radius 3 is 2.17 bits per heavy atom. The van der Waals surface area contributed by atoms with Gasteiger partial charge in [-0.2, -0.15) is 0 Å². The highest BCUT2D eigenvalue weighted by atomic mass is 16.4. The van der Waals surface area contributed by atoms with Crippen LogP contribution in [-0.4, -0.2) is 41.7 Å². The van der Waals surface area contributed by atoms with Gasteiger partial charge in [0, 0.05) is 6.42 Å². The zero-order valence-corrected chi connectivity index (χ0v) is 11.9. The minimum absolute atomic E-state index is 0.0652. The second kappa shape index (κ2) is 8.08. The Labute approximate surface area is 110 Å². The fraction of sp³-hybridized carbons (Fsp3) is 0.846. The van der Waals surface area contributed by atoms with E-state index in [1.165, 1.54) is 19.3 Å². The predicted octanol–water partition coefficient (Wildman–Crippen LogP) is 2.16. The van der Waals surface area contributed by atoms with Crippen molar-refractivity contribution >= 4 is 11.9 Å². The lowest BCUT2D eigenvalue weighted by molar-refractivity contribution is -0.820. The van der Waals surface area contributed by atoms with E-state index in [1.807, 2.05) is 0 Å². The number of quaternary nitrogens is 1. The number of rotatable bonds is 9. The summed E-state index contributed by atoms with van der Waals surface area (Å²) in [6.45, 7) is 2.17. The number of carboxylic acids is 1. The average molecular weight is 258 g/mol. The lowest BCUT2D eigenvalue weighted by Crippen LogP contribution is -2.59. The number of carboxylic acid groups (broad SMARTS) is 1. The largest absolute Gasteiger partial charge is 0.477 e. The molecule has 0 bridgehead atoms. The highest BCUT2D eigenvalue weighted by Gasteiger charge is 2.37. The average Bonchev–Trinajstić information content (AvgIpc) is 2.26. The van der Waals surface area contributed by atoms with Crippen molar-refractivity contribution in [2.75, 3.05) is 14.1 Å². The minimum Gasteiger partial charge on any atom is -0.477 e. The molecule has 18 heavy (non-hydrogen) atoms. The van der Waals surface area contributed by atoms with Gasteiger partial charge in [0.1, 0.15) is 0 Å². The first-order chi connectivity index (χ1) is 8.34. The van der Waals surface area contributed by atoms with Gasteiger partial charge in [0.2, 0.25) is 0 Å². The van der Waals surface area contributed by atoms with Crippen LogP contribution in [0.25, 0.3) is 0 Å². The van der Waals surface area contributed by atoms with Gasteiger partial charge < -0.3 is 10.8 Å². The normalized spacial score (nSPS) is 13.3. The van der Waals surface area contributed by atoms with Gasteiger partial charge in [0.25, 0.3) is 5.96 Å². The standard InChI is InChI=1S/C13H27N3O2/c1-4-5-6-7-8-9-10-11(12(17)18)16(2,3)13(14)15/h11H,4-10H2,1-3H3,(H3-,14,15,17,18)/p+1. The summed E-state index contributed by atoms with van der Waals surface area (Å²) in [5, 5.41) is 16.7. The van der Waals surface area contributed by atoms with Gasteiger partial charge in [-0.25, -0.2) is 10.2 Å². The second-order valence-corrected chi connectivity index (χ2v) is 5.34. The van der Waals surface area contributed by atoms with Gasteiger partial charge in [-0.1, -0.05) is 39.0 Å². The maximum atomic E-state index is 11.2. The Hall–Kier alpha value is -1.10. The van der Waals surface area contributed by atoms with Crippen molar-refractivity contribution in [1.82, 2.24) is 0 Å². The fourth-order valence-corrected chi connectivity index (χ4v) is 2.01. The molecule has 0 amide bonds. The van der Waals surface area contributed by atoms with Gasteiger partial charge in [0.15, 0.2) is 6.04 Å². The van der Waals surface area contributed by atoms with Crippen LogP contribution < -0.4 is 5.73 Å². The summed E-state index contributed by atoms with van der Waals surface area (Å²) in [6, 6.07) is -0.617. The topological polar surface area (TPSA) is 87.2 Å². The molecule has 106 valence electrons. The lowest BCUT2D eigenvalue weighted by atomic mass is 10.0. The summed E-state index contributed by atoms with van der Waals surface area (Å²) in [5.41, 5.74) is 5.47. The molecule has 0 aliphatic carbocycles. The number of aliphatic carboxylic acids is 1. The van der Waals surface area contributed by atoms with Crippen LogP contribution in [0.15, 0.2) is 0 Å². The maximum absolute atomic E-state index is 11.2. The highest BCUT2D eigenvalue weighted by molar-refractivity contribution is 5.76. The van der Waals surface area contributed by atoms with Gasteiger partial charge >= 0.3 is 5.97 Å². The van der Waals surface area contributed by atoms with Gasteiger partial charge in [-0.3, -0.25) is 4.48 Å². The molecule has 0 saturated heterocycles.